The first kappa shape index (κ1) is 43.4. The van der Waals surface area contributed by atoms with Gasteiger partial charge in [-0.05, 0) is 76.5 Å². The van der Waals surface area contributed by atoms with E-state index in [0.717, 1.165) is 0 Å². The number of benzene rings is 2. The van der Waals surface area contributed by atoms with Crippen molar-refractivity contribution >= 4 is 0 Å². The van der Waals surface area contributed by atoms with Gasteiger partial charge in [0.1, 0.15) is 0 Å². The molecule has 2 aromatic carbocycles. The summed E-state index contributed by atoms with van der Waals surface area (Å²) in [4.78, 5) is 0. The molecule has 0 aromatic heterocycles. The Morgan fingerprint density at radius 2 is 0.745 bits per heavy atom. The minimum Gasteiger partial charge on any atom is -0.375 e. The van der Waals surface area contributed by atoms with E-state index < -0.39 is 0 Å². The van der Waals surface area contributed by atoms with Gasteiger partial charge in [0.05, 0.1) is 24.9 Å². The van der Waals surface area contributed by atoms with E-state index in [1.165, 1.54) is 22.3 Å². The Morgan fingerprint density at radius 3 is 1.06 bits per heavy atom. The third kappa shape index (κ3) is 8.75. The summed E-state index contributed by atoms with van der Waals surface area (Å²) in [5.74, 6) is 1.18. The van der Waals surface area contributed by atoms with Gasteiger partial charge in [-0.2, -0.15) is 0 Å². The van der Waals surface area contributed by atoms with Gasteiger partial charge in [0, 0.05) is 10.8 Å². The summed E-state index contributed by atoms with van der Waals surface area (Å²) in [7, 11) is 0. The summed E-state index contributed by atoms with van der Waals surface area (Å²) in [6.07, 6.45) is 0.0502. The predicted octanol–water partition coefficient (Wildman–Crippen LogP) is 13.1. The van der Waals surface area contributed by atoms with Gasteiger partial charge in [-0.3, -0.25) is 0 Å². The van der Waals surface area contributed by atoms with Crippen molar-refractivity contribution in [3.8, 4) is 0 Å². The summed E-state index contributed by atoms with van der Waals surface area (Å²) in [5, 5.41) is 0. The lowest BCUT2D eigenvalue weighted by molar-refractivity contribution is -0.0969. The first-order valence-electron chi connectivity index (χ1n) is 18.7. The highest BCUT2D eigenvalue weighted by molar-refractivity contribution is 5.36. The van der Waals surface area contributed by atoms with Crippen LogP contribution in [0.2, 0.25) is 0 Å². The van der Waals surface area contributed by atoms with Crippen LogP contribution in [0.1, 0.15) is 168 Å². The van der Waals surface area contributed by atoms with Crippen molar-refractivity contribution in [3.63, 3.8) is 0 Å². The van der Waals surface area contributed by atoms with E-state index in [1.54, 1.807) is 0 Å². The highest BCUT2D eigenvalue weighted by atomic mass is 16.5. The maximum Gasteiger partial charge on any atom is 0.0718 e. The van der Waals surface area contributed by atoms with E-state index in [9.17, 15) is 0 Å². The molecular weight excluding hydrogens is 572 g/mol. The van der Waals surface area contributed by atoms with Crippen molar-refractivity contribution in [1.29, 1.82) is 0 Å². The van der Waals surface area contributed by atoms with Gasteiger partial charge < -0.3 is 9.47 Å². The Labute approximate surface area is 294 Å². The van der Waals surface area contributed by atoms with Gasteiger partial charge in [-0.15, -0.1) is 0 Å². The molecule has 0 saturated carbocycles. The lowest BCUT2D eigenvalue weighted by Crippen LogP contribution is -2.46. The summed E-state index contributed by atoms with van der Waals surface area (Å²) in [6, 6.07) is 18.6. The molecule has 0 heterocycles. The van der Waals surface area contributed by atoms with Gasteiger partial charge in [-0.1, -0.05) is 173 Å². The maximum absolute atomic E-state index is 6.58. The zero-order chi connectivity index (χ0) is 37.0. The van der Waals surface area contributed by atoms with E-state index in [0.29, 0.717) is 25.0 Å². The van der Waals surface area contributed by atoms with Crippen LogP contribution >= 0.6 is 0 Å². The molecule has 0 N–H and O–H groups in total. The molecule has 270 valence electrons. The average molecular weight is 651 g/mol. The van der Waals surface area contributed by atoms with Crippen molar-refractivity contribution in [2.45, 2.75) is 179 Å². The lowest BCUT2D eigenvalue weighted by Gasteiger charge is -2.46. The van der Waals surface area contributed by atoms with Crippen LogP contribution in [0.5, 0.6) is 0 Å². The molecule has 2 nitrogen and oxygen atoms in total. The third-order valence-corrected chi connectivity index (χ3v) is 14.2. The molecule has 47 heavy (non-hydrogen) atoms. The summed E-state index contributed by atoms with van der Waals surface area (Å²) < 4.78 is 13.0. The van der Waals surface area contributed by atoms with Crippen LogP contribution in [0.15, 0.2) is 48.5 Å². The Hall–Kier alpha value is -1.64. The minimum atomic E-state index is -0.365. The third-order valence-electron chi connectivity index (χ3n) is 14.2. The molecule has 0 spiro atoms. The SMILES string of the molecule is CC.CC(OCCOC(C)(C)C(C)(C)c1ccc(C(C)(C)C(C)(C)C(C)C)cc1)C(C)(C)c1ccc(C(C)(C)C(C)(C)C(C)C)cc1. The zero-order valence-corrected chi connectivity index (χ0v) is 35.1. The molecule has 1 atom stereocenters. The lowest BCUT2D eigenvalue weighted by atomic mass is 9.59. The first-order valence-corrected chi connectivity index (χ1v) is 18.7. The van der Waals surface area contributed by atoms with Gasteiger partial charge in [0.2, 0.25) is 0 Å². The van der Waals surface area contributed by atoms with Crippen LogP contribution in [-0.2, 0) is 31.1 Å². The fourth-order valence-corrected chi connectivity index (χ4v) is 6.30. The maximum atomic E-state index is 6.58. The summed E-state index contributed by atoms with van der Waals surface area (Å²) in [6.45, 7) is 49.3. The van der Waals surface area contributed by atoms with Gasteiger partial charge in [0.25, 0.3) is 0 Å². The van der Waals surface area contributed by atoms with Crippen molar-refractivity contribution in [3.05, 3.63) is 70.8 Å². The smallest absolute Gasteiger partial charge is 0.0718 e. The van der Waals surface area contributed by atoms with Crippen molar-refractivity contribution < 1.29 is 9.47 Å². The van der Waals surface area contributed by atoms with Crippen LogP contribution in [0.4, 0.5) is 0 Å². The first-order chi connectivity index (χ1) is 21.2. The fraction of sp³-hybridized carbons (Fsp3) is 0.733. The van der Waals surface area contributed by atoms with Crippen LogP contribution in [0, 0.1) is 22.7 Å². The van der Waals surface area contributed by atoms with Crippen LogP contribution in [0.25, 0.3) is 0 Å². The largest absolute Gasteiger partial charge is 0.375 e. The van der Waals surface area contributed by atoms with E-state index in [-0.39, 0.29) is 44.2 Å². The molecule has 2 aromatic rings. The van der Waals surface area contributed by atoms with Crippen LogP contribution in [0.3, 0.4) is 0 Å². The van der Waals surface area contributed by atoms with Gasteiger partial charge in [0.15, 0.2) is 0 Å². The van der Waals surface area contributed by atoms with E-state index in [4.69, 9.17) is 9.47 Å². The summed E-state index contributed by atoms with van der Waals surface area (Å²) >= 11 is 0. The standard InChI is InChI=1S/C43H72O2.C2H6/c1-30(2)38(8,9)40(12,13)34-22-20-33(21-23-34)37(6,7)32(5)44-28-29-45-43(18,19)42(16,17)36-26-24-35(25-27-36)41(14,15)39(10,11)31(3)4;1-2/h20-27,30-32H,28-29H2,1-19H3;1-2H3. The molecule has 0 radical (unpaired) electrons. The quantitative estimate of drug-likeness (QED) is 0.179. The molecule has 0 saturated heterocycles. The topological polar surface area (TPSA) is 18.5 Å². The Balaban J connectivity index is 0.00000541. The second kappa shape index (κ2) is 15.5. The zero-order valence-electron chi connectivity index (χ0n) is 35.1. The van der Waals surface area contributed by atoms with E-state index in [2.05, 4.69) is 180 Å². The van der Waals surface area contributed by atoms with Crippen LogP contribution < -0.4 is 0 Å². The fourth-order valence-electron chi connectivity index (χ4n) is 6.30. The van der Waals surface area contributed by atoms with Crippen molar-refractivity contribution in [2.75, 3.05) is 13.2 Å². The molecule has 0 aliphatic heterocycles. The second-order valence-electron chi connectivity index (χ2n) is 18.4. The van der Waals surface area contributed by atoms with Gasteiger partial charge >= 0.3 is 0 Å². The highest BCUT2D eigenvalue weighted by Crippen LogP contribution is 2.48. The predicted molar refractivity (Wildman–Crippen MR) is 209 cm³/mol. The summed E-state index contributed by atoms with van der Waals surface area (Å²) in [5.41, 5.74) is 5.25. The van der Waals surface area contributed by atoms with E-state index in [1.807, 2.05) is 13.8 Å². The molecule has 1 unspecified atom stereocenters. The average Bonchev–Trinajstić information content (AvgIpc) is 2.99. The Morgan fingerprint density at radius 1 is 0.447 bits per heavy atom. The van der Waals surface area contributed by atoms with Crippen molar-refractivity contribution in [1.82, 2.24) is 0 Å². The van der Waals surface area contributed by atoms with Crippen molar-refractivity contribution in [2.24, 2.45) is 22.7 Å². The molecule has 2 heteroatoms. The molecular formula is C45H78O2. The minimum absolute atomic E-state index is 0.0502. The normalized spacial score (nSPS) is 14.7. The highest BCUT2D eigenvalue weighted by Gasteiger charge is 2.43. The number of rotatable bonds is 15. The number of hydrogen-bond donors (Lipinski definition) is 0. The van der Waals surface area contributed by atoms with Crippen LogP contribution in [-0.4, -0.2) is 24.9 Å². The number of hydrogen-bond acceptors (Lipinski definition) is 2. The Bertz CT molecular complexity index is 1220. The molecule has 0 aliphatic rings. The molecule has 0 amide bonds. The van der Waals surface area contributed by atoms with Gasteiger partial charge in [-0.25, -0.2) is 0 Å². The molecule has 2 rings (SSSR count). The molecule has 0 fully saturated rings. The molecule has 0 aliphatic carbocycles. The molecule has 0 bridgehead atoms. The number of ether oxygens (including phenoxy) is 2. The second-order valence-corrected chi connectivity index (χ2v) is 18.4. The van der Waals surface area contributed by atoms with E-state index >= 15 is 0 Å². The Kier molecular flexibility index (Phi) is 14.3. The monoisotopic (exact) mass is 651 g/mol.